The number of benzene rings is 3. The van der Waals surface area contributed by atoms with Crippen molar-refractivity contribution in [1.82, 2.24) is 10.6 Å². The number of ether oxygens (including phenoxy) is 2. The molecule has 1 saturated heterocycles. The molecule has 1 fully saturated rings. The summed E-state index contributed by atoms with van der Waals surface area (Å²) >= 11 is 0. The van der Waals surface area contributed by atoms with Crippen LogP contribution in [-0.4, -0.2) is 36.6 Å². The molecule has 1 radical (unpaired) electrons. The zero-order valence-electron chi connectivity index (χ0n) is 22.2. The number of nitriles is 1. The van der Waals surface area contributed by atoms with Crippen molar-refractivity contribution in [3.63, 3.8) is 0 Å². The van der Waals surface area contributed by atoms with Crippen molar-refractivity contribution in [3.05, 3.63) is 107 Å². The molecule has 38 heavy (non-hydrogen) atoms. The fraction of sp³-hybridized carbons (Fsp3) is 0.387. The average Bonchev–Trinajstić information content (AvgIpc) is 3.23. The van der Waals surface area contributed by atoms with Gasteiger partial charge >= 0.3 is 0 Å². The summed E-state index contributed by atoms with van der Waals surface area (Å²) in [6, 6.07) is 27.3. The van der Waals surface area contributed by atoms with Crippen molar-refractivity contribution in [2.45, 2.75) is 70.2 Å². The number of halogens is 1. The number of likely N-dealkylation sites (N-methyl/N-ethyl adjacent to an activating group) is 1. The Morgan fingerprint density at radius 2 is 1.37 bits per heavy atom. The van der Waals surface area contributed by atoms with Gasteiger partial charge in [0, 0.05) is 37.2 Å². The second-order valence-corrected chi connectivity index (χ2v) is 10.0. The molecule has 2 unspecified atom stereocenters. The standard InChI is InChI=1S/C31H36FN3O2.V/c1-4-34-27(18-22-11-7-5-8-12-22)29-30(37-31(2,3)36-29)28(19-23-13-9-6-10-14-23)35-21-24-15-16-26(32)25(17-24)20-33;/h5-17,27-30,34-35H,4,18-19,21H2,1-3H3;/t27-,28-,29?,30?;/m1./s1. The van der Waals surface area contributed by atoms with Crippen LogP contribution in [0.5, 0.6) is 0 Å². The Kier molecular flexibility index (Phi) is 11.1. The van der Waals surface area contributed by atoms with E-state index in [1.54, 1.807) is 12.1 Å². The topological polar surface area (TPSA) is 66.3 Å². The Bertz CT molecular complexity index is 1190. The van der Waals surface area contributed by atoms with Crippen LogP contribution in [0.1, 0.15) is 43.0 Å². The SMILES string of the molecule is CCN[C@H](Cc1ccccc1)C1OC(C)(C)OC1[C@@H](Cc1ccccc1)NCc1ccc(F)c(C#N)c1.[V]. The first-order chi connectivity index (χ1) is 17.9. The summed E-state index contributed by atoms with van der Waals surface area (Å²) in [5, 5.41) is 16.6. The Morgan fingerprint density at radius 1 is 0.842 bits per heavy atom. The molecule has 3 aromatic carbocycles. The summed E-state index contributed by atoms with van der Waals surface area (Å²) < 4.78 is 27.0. The number of nitrogens with one attached hydrogen (secondary N) is 2. The number of hydrogen-bond acceptors (Lipinski definition) is 5. The van der Waals surface area contributed by atoms with Crippen molar-refractivity contribution in [3.8, 4) is 6.07 Å². The van der Waals surface area contributed by atoms with Gasteiger partial charge in [0.15, 0.2) is 5.79 Å². The van der Waals surface area contributed by atoms with Crippen LogP contribution in [0.3, 0.4) is 0 Å². The van der Waals surface area contributed by atoms with Gasteiger partial charge in [0.1, 0.15) is 24.1 Å². The van der Waals surface area contributed by atoms with Crippen LogP contribution in [0.25, 0.3) is 0 Å². The van der Waals surface area contributed by atoms with Gasteiger partial charge in [0.2, 0.25) is 0 Å². The Balaban J connectivity index is 0.00000400. The van der Waals surface area contributed by atoms with E-state index < -0.39 is 11.6 Å². The van der Waals surface area contributed by atoms with Crippen LogP contribution in [0.2, 0.25) is 0 Å². The van der Waals surface area contributed by atoms with Crippen LogP contribution in [0, 0.1) is 17.1 Å². The van der Waals surface area contributed by atoms with E-state index in [-0.39, 0.29) is 48.4 Å². The minimum atomic E-state index is -0.736. The van der Waals surface area contributed by atoms with Gasteiger partial charge in [-0.15, -0.1) is 0 Å². The average molecular weight is 553 g/mol. The molecular formula is C31H36FN3O2V. The number of nitrogens with zero attached hydrogens (tertiary/aromatic N) is 1. The zero-order chi connectivity index (χ0) is 26.3. The fourth-order valence-electron chi connectivity index (χ4n) is 5.06. The minimum absolute atomic E-state index is 0. The van der Waals surface area contributed by atoms with E-state index in [0.29, 0.717) is 6.54 Å². The molecule has 0 saturated carbocycles. The van der Waals surface area contributed by atoms with Gasteiger partial charge < -0.3 is 20.1 Å². The zero-order valence-corrected chi connectivity index (χ0v) is 23.6. The molecule has 1 heterocycles. The molecule has 2 N–H and O–H groups in total. The van der Waals surface area contributed by atoms with Gasteiger partial charge in [-0.1, -0.05) is 73.7 Å². The summed E-state index contributed by atoms with van der Waals surface area (Å²) in [7, 11) is 0. The molecule has 3 aromatic rings. The molecule has 199 valence electrons. The van der Waals surface area contributed by atoms with Crippen LogP contribution in [-0.2, 0) is 47.4 Å². The first kappa shape index (κ1) is 30.1. The normalized spacial score (nSPS) is 19.8. The first-order valence-corrected chi connectivity index (χ1v) is 13.0. The van der Waals surface area contributed by atoms with Crippen molar-refractivity contribution in [2.24, 2.45) is 0 Å². The predicted octanol–water partition coefficient (Wildman–Crippen LogP) is 5.14. The monoisotopic (exact) mass is 552 g/mol. The maximum absolute atomic E-state index is 13.9. The summed E-state index contributed by atoms with van der Waals surface area (Å²) in [5.74, 6) is -1.24. The van der Waals surface area contributed by atoms with Gasteiger partial charge in [-0.3, -0.25) is 0 Å². The van der Waals surface area contributed by atoms with Gasteiger partial charge in [-0.05, 0) is 62.1 Å². The van der Waals surface area contributed by atoms with E-state index in [0.717, 1.165) is 24.9 Å². The maximum atomic E-state index is 13.9. The molecule has 0 bridgehead atoms. The van der Waals surface area contributed by atoms with Crippen molar-refractivity contribution < 1.29 is 32.4 Å². The largest absolute Gasteiger partial charge is 0.343 e. The third-order valence-corrected chi connectivity index (χ3v) is 6.74. The van der Waals surface area contributed by atoms with Crippen molar-refractivity contribution in [2.75, 3.05) is 6.54 Å². The molecular weight excluding hydrogens is 516 g/mol. The van der Waals surface area contributed by atoms with Crippen molar-refractivity contribution >= 4 is 0 Å². The molecule has 4 atom stereocenters. The second kappa shape index (κ2) is 14.1. The molecule has 0 aliphatic carbocycles. The van der Waals surface area contributed by atoms with Gasteiger partial charge in [0.25, 0.3) is 0 Å². The smallest absolute Gasteiger partial charge is 0.163 e. The molecule has 1 aliphatic heterocycles. The molecule has 5 nitrogen and oxygen atoms in total. The summed E-state index contributed by atoms with van der Waals surface area (Å²) in [6.07, 6.45) is 1.12. The summed E-state index contributed by atoms with van der Waals surface area (Å²) in [5.41, 5.74) is 3.32. The Labute approximate surface area is 237 Å². The molecule has 0 amide bonds. The van der Waals surface area contributed by atoms with E-state index in [1.807, 2.05) is 44.2 Å². The molecule has 0 aromatic heterocycles. The molecule has 7 heteroatoms. The van der Waals surface area contributed by atoms with Crippen LogP contribution < -0.4 is 10.6 Å². The second-order valence-electron chi connectivity index (χ2n) is 10.0. The molecule has 0 spiro atoms. The van der Waals surface area contributed by atoms with Gasteiger partial charge in [-0.25, -0.2) is 4.39 Å². The van der Waals surface area contributed by atoms with E-state index in [1.165, 1.54) is 17.2 Å². The van der Waals surface area contributed by atoms with Gasteiger partial charge in [-0.2, -0.15) is 5.26 Å². The van der Waals surface area contributed by atoms with Crippen LogP contribution in [0.4, 0.5) is 4.39 Å². The van der Waals surface area contributed by atoms with E-state index >= 15 is 0 Å². The molecule has 4 rings (SSSR count). The third kappa shape index (κ3) is 8.00. The maximum Gasteiger partial charge on any atom is 0.163 e. The van der Waals surface area contributed by atoms with E-state index in [2.05, 4.69) is 54.0 Å². The summed E-state index contributed by atoms with van der Waals surface area (Å²) in [6.45, 7) is 7.32. The van der Waals surface area contributed by atoms with Crippen LogP contribution in [0.15, 0.2) is 78.9 Å². The molecule has 1 aliphatic rings. The van der Waals surface area contributed by atoms with Crippen LogP contribution >= 0.6 is 0 Å². The Hall–Kier alpha value is -2.50. The van der Waals surface area contributed by atoms with E-state index in [4.69, 9.17) is 9.47 Å². The summed E-state index contributed by atoms with van der Waals surface area (Å²) in [4.78, 5) is 0. The number of hydrogen-bond donors (Lipinski definition) is 2. The Morgan fingerprint density at radius 3 is 1.87 bits per heavy atom. The van der Waals surface area contributed by atoms with E-state index in [9.17, 15) is 9.65 Å². The number of rotatable bonds is 11. The quantitative estimate of drug-likeness (QED) is 0.345. The predicted molar refractivity (Wildman–Crippen MR) is 143 cm³/mol. The third-order valence-electron chi connectivity index (χ3n) is 6.74. The fourth-order valence-corrected chi connectivity index (χ4v) is 5.06. The van der Waals surface area contributed by atoms with Crippen molar-refractivity contribution in [1.29, 1.82) is 5.26 Å². The first-order valence-electron chi connectivity index (χ1n) is 13.0. The minimum Gasteiger partial charge on any atom is -0.343 e. The van der Waals surface area contributed by atoms with Gasteiger partial charge in [0.05, 0.1) is 5.56 Å².